The van der Waals surface area contributed by atoms with E-state index in [4.69, 9.17) is 0 Å². The summed E-state index contributed by atoms with van der Waals surface area (Å²) in [5.41, 5.74) is -0.353. The van der Waals surface area contributed by atoms with E-state index in [-0.39, 0.29) is 10.6 Å². The number of hydrogen-bond acceptors (Lipinski definition) is 3. The Morgan fingerprint density at radius 2 is 2.22 bits per heavy atom. The predicted molar refractivity (Wildman–Crippen MR) is 69.6 cm³/mol. The SMILES string of the molecule is CC1CCCCC1(C)NS(=O)(=O)c1ccn(C)n1. The molecular weight excluding hydrogens is 250 g/mol. The molecule has 5 nitrogen and oxygen atoms in total. The van der Waals surface area contributed by atoms with E-state index in [1.165, 1.54) is 17.2 Å². The van der Waals surface area contributed by atoms with E-state index in [0.29, 0.717) is 5.92 Å². The maximum absolute atomic E-state index is 12.3. The predicted octanol–water partition coefficient (Wildman–Crippen LogP) is 1.67. The van der Waals surface area contributed by atoms with Crippen molar-refractivity contribution in [2.24, 2.45) is 13.0 Å². The molecule has 0 saturated heterocycles. The molecule has 18 heavy (non-hydrogen) atoms. The summed E-state index contributed by atoms with van der Waals surface area (Å²) in [6.07, 6.45) is 5.86. The zero-order valence-electron chi connectivity index (χ0n) is 11.2. The third-order valence-electron chi connectivity index (χ3n) is 4.00. The number of aryl methyl sites for hydroxylation is 1. The van der Waals surface area contributed by atoms with E-state index in [1.807, 2.05) is 6.92 Å². The Morgan fingerprint density at radius 1 is 1.50 bits per heavy atom. The molecule has 2 rings (SSSR count). The van der Waals surface area contributed by atoms with Gasteiger partial charge in [-0.25, -0.2) is 13.1 Å². The molecule has 1 fully saturated rings. The summed E-state index contributed by atoms with van der Waals surface area (Å²) >= 11 is 0. The molecule has 2 atom stereocenters. The molecule has 0 aromatic carbocycles. The molecule has 1 heterocycles. The number of rotatable bonds is 3. The van der Waals surface area contributed by atoms with E-state index >= 15 is 0 Å². The van der Waals surface area contributed by atoms with Crippen molar-refractivity contribution < 1.29 is 8.42 Å². The zero-order valence-corrected chi connectivity index (χ0v) is 12.0. The van der Waals surface area contributed by atoms with Crippen molar-refractivity contribution in [3.8, 4) is 0 Å². The average Bonchev–Trinajstić information content (AvgIpc) is 2.70. The van der Waals surface area contributed by atoms with Crippen LogP contribution in [-0.4, -0.2) is 23.7 Å². The second-order valence-electron chi connectivity index (χ2n) is 5.50. The normalized spacial score (nSPS) is 29.4. The summed E-state index contributed by atoms with van der Waals surface area (Å²) in [5, 5.41) is 4.07. The Labute approximate surface area is 109 Å². The molecule has 6 heteroatoms. The van der Waals surface area contributed by atoms with Crippen molar-refractivity contribution in [3.05, 3.63) is 12.3 Å². The van der Waals surface area contributed by atoms with Gasteiger partial charge in [0.05, 0.1) is 0 Å². The summed E-state index contributed by atoms with van der Waals surface area (Å²) in [7, 11) is -1.80. The molecule has 0 aliphatic heterocycles. The first-order chi connectivity index (χ1) is 8.33. The number of nitrogens with one attached hydrogen (secondary N) is 1. The van der Waals surface area contributed by atoms with Gasteiger partial charge < -0.3 is 0 Å². The lowest BCUT2D eigenvalue weighted by molar-refractivity contribution is 0.204. The van der Waals surface area contributed by atoms with E-state index in [0.717, 1.165) is 19.3 Å². The number of sulfonamides is 1. The highest BCUT2D eigenvalue weighted by Crippen LogP contribution is 2.34. The standard InChI is InChI=1S/C12H21N3O2S/c1-10-6-4-5-8-12(10,2)14-18(16,17)11-7-9-15(3)13-11/h7,9-10,14H,4-6,8H2,1-3H3. The molecule has 1 aliphatic rings. The van der Waals surface area contributed by atoms with Crippen LogP contribution in [-0.2, 0) is 17.1 Å². The van der Waals surface area contributed by atoms with Crippen molar-refractivity contribution in [2.45, 2.75) is 50.1 Å². The van der Waals surface area contributed by atoms with Crippen LogP contribution in [0.3, 0.4) is 0 Å². The third kappa shape index (κ3) is 2.59. The minimum atomic E-state index is -3.51. The molecule has 1 aromatic rings. The highest BCUT2D eigenvalue weighted by Gasteiger charge is 2.38. The topological polar surface area (TPSA) is 64.0 Å². The molecule has 102 valence electrons. The van der Waals surface area contributed by atoms with Gasteiger partial charge in [-0.15, -0.1) is 0 Å². The van der Waals surface area contributed by atoms with Gasteiger partial charge >= 0.3 is 0 Å². The van der Waals surface area contributed by atoms with Gasteiger partial charge in [-0.2, -0.15) is 5.10 Å². The van der Waals surface area contributed by atoms with Gasteiger partial charge in [0.15, 0.2) is 5.03 Å². The van der Waals surface area contributed by atoms with Crippen molar-refractivity contribution in [2.75, 3.05) is 0 Å². The van der Waals surface area contributed by atoms with E-state index in [1.54, 1.807) is 13.2 Å². The fourth-order valence-electron chi connectivity index (χ4n) is 2.56. The van der Waals surface area contributed by atoms with Crippen LogP contribution in [0.5, 0.6) is 0 Å². The first-order valence-corrected chi connectivity index (χ1v) is 7.85. The summed E-state index contributed by atoms with van der Waals surface area (Å²) in [4.78, 5) is 0. The summed E-state index contributed by atoms with van der Waals surface area (Å²) < 4.78 is 28.9. The molecule has 0 amide bonds. The van der Waals surface area contributed by atoms with Gasteiger partial charge in [0.25, 0.3) is 10.0 Å². The summed E-state index contributed by atoms with van der Waals surface area (Å²) in [6.45, 7) is 4.11. The van der Waals surface area contributed by atoms with E-state index in [2.05, 4.69) is 16.7 Å². The first-order valence-electron chi connectivity index (χ1n) is 6.37. The summed E-state index contributed by atoms with van der Waals surface area (Å²) in [5.74, 6) is 0.352. The lowest BCUT2D eigenvalue weighted by atomic mass is 9.76. The minimum Gasteiger partial charge on any atom is -0.274 e. The van der Waals surface area contributed by atoms with Crippen molar-refractivity contribution in [1.29, 1.82) is 0 Å². The van der Waals surface area contributed by atoms with Crippen LogP contribution in [0.1, 0.15) is 39.5 Å². The highest BCUT2D eigenvalue weighted by molar-refractivity contribution is 7.89. The van der Waals surface area contributed by atoms with Crippen LogP contribution in [0, 0.1) is 5.92 Å². The highest BCUT2D eigenvalue weighted by atomic mass is 32.2. The first kappa shape index (κ1) is 13.5. The number of aromatic nitrogens is 2. The molecule has 2 unspecified atom stereocenters. The van der Waals surface area contributed by atoms with Crippen molar-refractivity contribution in [3.63, 3.8) is 0 Å². The van der Waals surface area contributed by atoms with Gasteiger partial charge in [-0.3, -0.25) is 4.68 Å². The maximum Gasteiger partial charge on any atom is 0.260 e. The van der Waals surface area contributed by atoms with Gasteiger partial charge in [-0.05, 0) is 31.7 Å². The number of hydrogen-bond donors (Lipinski definition) is 1. The molecule has 1 aliphatic carbocycles. The zero-order chi connectivity index (χ0) is 13.4. The Bertz CT molecular complexity index is 523. The molecule has 1 saturated carbocycles. The van der Waals surface area contributed by atoms with E-state index in [9.17, 15) is 8.42 Å². The van der Waals surface area contributed by atoms with Gasteiger partial charge in [-0.1, -0.05) is 19.8 Å². The average molecular weight is 271 g/mol. The fourth-order valence-corrected chi connectivity index (χ4v) is 4.05. The van der Waals surface area contributed by atoms with Crippen LogP contribution in [0.4, 0.5) is 0 Å². The van der Waals surface area contributed by atoms with Crippen molar-refractivity contribution >= 4 is 10.0 Å². The molecular formula is C12H21N3O2S. The smallest absolute Gasteiger partial charge is 0.260 e. The Kier molecular flexibility index (Phi) is 3.51. The van der Waals surface area contributed by atoms with Crippen LogP contribution in [0.15, 0.2) is 17.3 Å². The Balaban J connectivity index is 2.22. The lowest BCUT2D eigenvalue weighted by Gasteiger charge is -2.39. The van der Waals surface area contributed by atoms with Crippen LogP contribution >= 0.6 is 0 Å². The molecule has 1 aromatic heterocycles. The molecule has 0 radical (unpaired) electrons. The fraction of sp³-hybridized carbons (Fsp3) is 0.750. The second kappa shape index (κ2) is 4.66. The van der Waals surface area contributed by atoms with Crippen molar-refractivity contribution in [1.82, 2.24) is 14.5 Å². The minimum absolute atomic E-state index is 0.101. The maximum atomic E-state index is 12.3. The third-order valence-corrected chi connectivity index (χ3v) is 5.51. The lowest BCUT2D eigenvalue weighted by Crippen LogP contribution is -2.52. The Morgan fingerprint density at radius 3 is 2.78 bits per heavy atom. The molecule has 1 N–H and O–H groups in total. The molecule has 0 bridgehead atoms. The summed E-state index contributed by atoms with van der Waals surface area (Å²) in [6, 6.07) is 1.53. The quantitative estimate of drug-likeness (QED) is 0.909. The van der Waals surface area contributed by atoms with Gasteiger partial charge in [0.1, 0.15) is 0 Å². The Hall–Kier alpha value is -0.880. The monoisotopic (exact) mass is 271 g/mol. The van der Waals surface area contributed by atoms with Crippen LogP contribution in [0.25, 0.3) is 0 Å². The van der Waals surface area contributed by atoms with Crippen LogP contribution in [0.2, 0.25) is 0 Å². The molecule has 0 spiro atoms. The van der Waals surface area contributed by atoms with Gasteiger partial charge in [0.2, 0.25) is 0 Å². The van der Waals surface area contributed by atoms with E-state index < -0.39 is 10.0 Å². The van der Waals surface area contributed by atoms with Crippen LogP contribution < -0.4 is 4.72 Å². The number of nitrogens with zero attached hydrogens (tertiary/aromatic N) is 2. The largest absolute Gasteiger partial charge is 0.274 e. The van der Waals surface area contributed by atoms with Gasteiger partial charge in [0, 0.05) is 18.8 Å². The second-order valence-corrected chi connectivity index (χ2v) is 7.13.